The van der Waals surface area contributed by atoms with Crippen molar-refractivity contribution in [2.75, 3.05) is 5.32 Å². The molecule has 13 heteroatoms. The molecule has 1 aromatic rings. The maximum Gasteiger partial charge on any atom is 1.00 e. The minimum atomic E-state index is -5.79. The first kappa shape index (κ1) is 24.6. The molecule has 2 atom stereocenters. The monoisotopic (exact) mass is 403 g/mol. The van der Waals surface area contributed by atoms with Gasteiger partial charge in [-0.05, 0) is 24.6 Å². The summed E-state index contributed by atoms with van der Waals surface area (Å²) in [6, 6.07) is 4.94. The third kappa shape index (κ3) is 6.69. The summed E-state index contributed by atoms with van der Waals surface area (Å²) in [6.07, 6.45) is -1.39. The van der Waals surface area contributed by atoms with E-state index >= 15 is 0 Å². The number of hydrogen-bond donors (Lipinski definition) is 5. The van der Waals surface area contributed by atoms with Crippen molar-refractivity contribution < 1.29 is 73.0 Å². The summed E-state index contributed by atoms with van der Waals surface area (Å²) < 4.78 is 22.4. The molecule has 10 nitrogen and oxygen atoms in total. The van der Waals surface area contributed by atoms with E-state index in [-0.39, 0.29) is 53.0 Å². The molecule has 5 N–H and O–H groups in total. The predicted molar refractivity (Wildman–Crippen MR) is 80.9 cm³/mol. The van der Waals surface area contributed by atoms with E-state index in [0.717, 1.165) is 0 Å². The van der Waals surface area contributed by atoms with Crippen LogP contribution in [-0.4, -0.2) is 36.6 Å². The molecule has 0 spiro atoms. The maximum atomic E-state index is 11.4. The molecule has 1 aromatic carbocycles. The van der Waals surface area contributed by atoms with E-state index in [1.54, 1.807) is 0 Å². The zero-order valence-electron chi connectivity index (χ0n) is 13.4. The van der Waals surface area contributed by atoms with Gasteiger partial charge in [-0.2, -0.15) is 0 Å². The van der Waals surface area contributed by atoms with Crippen LogP contribution in [0.5, 0.6) is 0 Å². The molecule has 2 unspecified atom stereocenters. The number of hydrogen-bond acceptors (Lipinski definition) is 6. The Morgan fingerprint density at radius 3 is 2.00 bits per heavy atom. The van der Waals surface area contributed by atoms with Crippen molar-refractivity contribution in [1.82, 2.24) is 0 Å². The fourth-order valence-corrected chi connectivity index (χ4v) is 3.87. The molecule has 0 heterocycles. The van der Waals surface area contributed by atoms with Gasteiger partial charge in [0, 0.05) is 12.1 Å². The van der Waals surface area contributed by atoms with E-state index in [9.17, 15) is 28.7 Å². The van der Waals surface area contributed by atoms with Gasteiger partial charge in [0.1, 0.15) is 5.78 Å². The van der Waals surface area contributed by atoms with Crippen LogP contribution in [0.15, 0.2) is 24.3 Å². The fourth-order valence-electron chi connectivity index (χ4n) is 1.78. The predicted octanol–water partition coefficient (Wildman–Crippen LogP) is -3.48. The van der Waals surface area contributed by atoms with E-state index < -0.39 is 32.6 Å². The van der Waals surface area contributed by atoms with Gasteiger partial charge in [-0.1, -0.05) is 12.1 Å². The van der Waals surface area contributed by atoms with Crippen LogP contribution in [0.4, 0.5) is 5.69 Å². The third-order valence-corrected chi connectivity index (χ3v) is 6.70. The topological polar surface area (TPSA) is 184 Å². The number of ketones is 1. The molecule has 0 aliphatic rings. The Hall–Kier alpha value is -0.380. The number of Topliss-reactive ketones (excluding diaryl/α,β-unsaturated/α-hetero) is 1. The zero-order valence-corrected chi connectivity index (χ0v) is 17.2. The van der Waals surface area contributed by atoms with E-state index in [0.29, 0.717) is 0 Å². The van der Waals surface area contributed by atoms with Gasteiger partial charge in [0.15, 0.2) is 7.60 Å². The molecule has 0 saturated heterocycles. The van der Waals surface area contributed by atoms with E-state index in [1.807, 2.05) is 0 Å². The first-order valence-corrected chi connectivity index (χ1v) is 9.65. The Morgan fingerprint density at radius 1 is 1.16 bits per heavy atom. The fraction of sp³-hybridized carbons (Fsp3) is 0.333. The summed E-state index contributed by atoms with van der Waals surface area (Å²) >= 11 is 0. The Balaban J connectivity index is 0.00000576. The Bertz CT molecular complexity index is 703. The van der Waals surface area contributed by atoms with E-state index in [1.165, 1.54) is 31.2 Å². The van der Waals surface area contributed by atoms with Crippen LogP contribution in [0.1, 0.15) is 18.9 Å². The molecule has 0 fully saturated rings. The standard InChI is InChI=1S/C12H17NO9P2.Na/c1-8(14)6-11(15)13-10-4-2-9(3-5-10)7-12(16,23(17,18)19)24(20,21)22;/h2-5,16H,6-7H2,1H3,(H,13,15)(H2,17,18,19)(H2,20,21,22);/q;+1/p-1. The molecule has 0 aliphatic carbocycles. The molecule has 1 amide bonds. The average molecular weight is 403 g/mol. The molecule has 1 rings (SSSR count). The quantitative estimate of drug-likeness (QED) is 0.175. The molecule has 25 heavy (non-hydrogen) atoms. The Labute approximate surface area is 165 Å². The number of amides is 1. The normalized spacial score (nSPS) is 16.1. The minimum absolute atomic E-state index is 0. The smallest absolute Gasteiger partial charge is 0.776 e. The first-order chi connectivity index (χ1) is 10.8. The van der Waals surface area contributed by atoms with Crippen molar-refractivity contribution in [1.29, 1.82) is 0 Å². The van der Waals surface area contributed by atoms with Crippen LogP contribution in [-0.2, 0) is 25.1 Å². The van der Waals surface area contributed by atoms with Gasteiger partial charge in [0.25, 0.3) is 0 Å². The van der Waals surface area contributed by atoms with Gasteiger partial charge in [-0.3, -0.25) is 14.2 Å². The minimum Gasteiger partial charge on any atom is -0.776 e. The number of rotatable bonds is 7. The summed E-state index contributed by atoms with van der Waals surface area (Å²) in [4.78, 5) is 60.4. The molecule has 0 bridgehead atoms. The molecule has 0 radical (unpaired) electrons. The SMILES string of the molecule is CC(=O)CC(=O)Nc1ccc(CC(O)(P(=O)([O-])O)P(=O)(O)O)cc1.[Na+]. The van der Waals surface area contributed by atoms with Crippen molar-refractivity contribution in [3.8, 4) is 0 Å². The zero-order chi connectivity index (χ0) is 18.8. The summed E-state index contributed by atoms with van der Waals surface area (Å²) in [6.45, 7) is 1.24. The van der Waals surface area contributed by atoms with Crippen molar-refractivity contribution in [2.45, 2.75) is 24.8 Å². The number of benzene rings is 1. The molecule has 0 saturated carbocycles. The van der Waals surface area contributed by atoms with Gasteiger partial charge in [-0.25, -0.2) is 0 Å². The Morgan fingerprint density at radius 2 is 1.64 bits per heavy atom. The third-order valence-electron chi connectivity index (χ3n) is 3.01. The summed E-state index contributed by atoms with van der Waals surface area (Å²) in [5.74, 6) is -0.911. The van der Waals surface area contributed by atoms with Crippen LogP contribution in [0.3, 0.4) is 0 Å². The second-order valence-electron chi connectivity index (χ2n) is 5.14. The van der Waals surface area contributed by atoms with Crippen LogP contribution in [0.2, 0.25) is 0 Å². The maximum absolute atomic E-state index is 11.4. The number of anilines is 1. The largest absolute Gasteiger partial charge is 1.00 e. The van der Waals surface area contributed by atoms with Crippen LogP contribution in [0, 0.1) is 0 Å². The van der Waals surface area contributed by atoms with Crippen molar-refractivity contribution in [3.05, 3.63) is 29.8 Å². The first-order valence-electron chi connectivity index (χ1n) is 6.46. The summed E-state index contributed by atoms with van der Waals surface area (Å²) in [5, 5.41) is 8.48. The molecule has 134 valence electrons. The number of carbonyl (C=O) groups is 2. The number of aliphatic hydroxyl groups is 1. The van der Waals surface area contributed by atoms with Gasteiger partial charge >= 0.3 is 37.2 Å². The second-order valence-corrected chi connectivity index (χ2v) is 9.10. The van der Waals surface area contributed by atoms with E-state index in [4.69, 9.17) is 14.7 Å². The molecule has 0 aliphatic heterocycles. The molecular formula is C12H16NNaO9P2. The van der Waals surface area contributed by atoms with Gasteiger partial charge in [-0.15, -0.1) is 0 Å². The van der Waals surface area contributed by atoms with E-state index in [2.05, 4.69) is 5.32 Å². The Kier molecular flexibility index (Phi) is 8.88. The molecule has 0 aromatic heterocycles. The average Bonchev–Trinajstić information content (AvgIpc) is 2.37. The molecular weight excluding hydrogens is 387 g/mol. The van der Waals surface area contributed by atoms with Crippen LogP contribution in [0.25, 0.3) is 0 Å². The van der Waals surface area contributed by atoms with Gasteiger partial charge < -0.3 is 34.6 Å². The summed E-state index contributed by atoms with van der Waals surface area (Å²) in [5.41, 5.74) is 0.231. The summed E-state index contributed by atoms with van der Waals surface area (Å²) in [7, 11) is -11.4. The van der Waals surface area contributed by atoms with Gasteiger partial charge in [0.2, 0.25) is 11.0 Å². The van der Waals surface area contributed by atoms with Gasteiger partial charge in [0.05, 0.1) is 6.42 Å². The number of nitrogens with one attached hydrogen (secondary N) is 1. The van der Waals surface area contributed by atoms with Crippen molar-refractivity contribution in [3.63, 3.8) is 0 Å². The second kappa shape index (κ2) is 9.01. The van der Waals surface area contributed by atoms with Crippen LogP contribution < -0.4 is 39.8 Å². The van der Waals surface area contributed by atoms with Crippen molar-refractivity contribution in [2.24, 2.45) is 0 Å². The van der Waals surface area contributed by atoms with Crippen LogP contribution >= 0.6 is 15.2 Å². The van der Waals surface area contributed by atoms with Crippen molar-refractivity contribution >= 4 is 32.6 Å². The number of carbonyl (C=O) groups excluding carboxylic acids is 2.